The number of hydrogen-bond acceptors (Lipinski definition) is 3. The second-order valence-corrected chi connectivity index (χ2v) is 5.80. The Kier molecular flexibility index (Phi) is 5.93. The molecule has 1 saturated heterocycles. The van der Waals surface area contributed by atoms with Crippen LogP contribution in [0.25, 0.3) is 0 Å². The maximum Gasteiger partial charge on any atom is 0.250 e. The van der Waals surface area contributed by atoms with Gasteiger partial charge in [-0.2, -0.15) is 0 Å². The van der Waals surface area contributed by atoms with Crippen molar-refractivity contribution in [1.82, 2.24) is 5.32 Å². The van der Waals surface area contributed by atoms with Gasteiger partial charge >= 0.3 is 0 Å². The van der Waals surface area contributed by atoms with Crippen molar-refractivity contribution in [3.05, 3.63) is 27.2 Å². The lowest BCUT2D eigenvalue weighted by Gasteiger charge is -2.22. The average molecular weight is 338 g/mol. The highest BCUT2D eigenvalue weighted by atomic mass is 35.5. The Morgan fingerprint density at radius 3 is 2.45 bits per heavy atom. The topological polar surface area (TPSA) is 50.4 Å². The van der Waals surface area contributed by atoms with Crippen molar-refractivity contribution in [2.45, 2.75) is 18.9 Å². The van der Waals surface area contributed by atoms with Gasteiger partial charge in [-0.05, 0) is 38.1 Å². The van der Waals surface area contributed by atoms with E-state index in [0.29, 0.717) is 20.8 Å². The molecule has 4 nitrogen and oxygen atoms in total. The second kappa shape index (κ2) is 7.48. The summed E-state index contributed by atoms with van der Waals surface area (Å²) in [6, 6.07) is 3.05. The van der Waals surface area contributed by atoms with Crippen molar-refractivity contribution in [2.24, 2.45) is 0 Å². The van der Waals surface area contributed by atoms with Crippen molar-refractivity contribution < 1.29 is 9.53 Å². The van der Waals surface area contributed by atoms with Gasteiger partial charge in [0.1, 0.15) is 6.61 Å². The number of ether oxygens (including phenoxy) is 1. The second-order valence-electron chi connectivity index (χ2n) is 4.55. The molecule has 110 valence electrons. The number of nitrogens with one attached hydrogen (secondary N) is 2. The van der Waals surface area contributed by atoms with Crippen molar-refractivity contribution in [3.63, 3.8) is 0 Å². The van der Waals surface area contributed by atoms with Gasteiger partial charge in [0.2, 0.25) is 5.91 Å². The van der Waals surface area contributed by atoms with E-state index < -0.39 is 0 Å². The van der Waals surface area contributed by atoms with Gasteiger partial charge in [-0.15, -0.1) is 0 Å². The van der Waals surface area contributed by atoms with Gasteiger partial charge in [-0.3, -0.25) is 4.79 Å². The van der Waals surface area contributed by atoms with Gasteiger partial charge < -0.3 is 15.4 Å². The zero-order valence-corrected chi connectivity index (χ0v) is 13.0. The largest absolute Gasteiger partial charge is 0.368 e. The third-order valence-electron chi connectivity index (χ3n) is 3.01. The molecular formula is C13H15Cl3N2O2. The fraction of sp³-hybridized carbons (Fsp3) is 0.462. The first-order valence-corrected chi connectivity index (χ1v) is 7.46. The third kappa shape index (κ3) is 4.50. The van der Waals surface area contributed by atoms with E-state index in [1.54, 1.807) is 0 Å². The van der Waals surface area contributed by atoms with Crippen LogP contribution in [0.3, 0.4) is 0 Å². The number of hydrogen-bond donors (Lipinski definition) is 2. The van der Waals surface area contributed by atoms with Crippen LogP contribution in [0.5, 0.6) is 0 Å². The number of benzene rings is 1. The zero-order valence-electron chi connectivity index (χ0n) is 10.7. The maximum atomic E-state index is 11.8. The van der Waals surface area contributed by atoms with Crippen LogP contribution in [0.2, 0.25) is 15.1 Å². The van der Waals surface area contributed by atoms with Crippen LogP contribution < -0.4 is 10.6 Å². The van der Waals surface area contributed by atoms with Gasteiger partial charge in [0.15, 0.2) is 0 Å². The number of rotatable bonds is 4. The van der Waals surface area contributed by atoms with Crippen LogP contribution in [-0.4, -0.2) is 31.7 Å². The molecule has 1 aliphatic heterocycles. The van der Waals surface area contributed by atoms with E-state index in [0.717, 1.165) is 25.9 Å². The Balaban J connectivity index is 1.88. The Bertz CT molecular complexity index is 467. The van der Waals surface area contributed by atoms with Crippen molar-refractivity contribution in [1.29, 1.82) is 0 Å². The van der Waals surface area contributed by atoms with Crippen LogP contribution in [-0.2, 0) is 9.53 Å². The molecular weight excluding hydrogens is 323 g/mol. The minimum absolute atomic E-state index is 0.0139. The summed E-state index contributed by atoms with van der Waals surface area (Å²) in [5.41, 5.74) is 0.358. The molecule has 0 spiro atoms. The number of amides is 1. The molecule has 2 N–H and O–H groups in total. The highest BCUT2D eigenvalue weighted by Crippen LogP contribution is 2.33. The number of piperidine rings is 1. The minimum atomic E-state index is -0.283. The van der Waals surface area contributed by atoms with Gasteiger partial charge in [0, 0.05) is 5.02 Å². The molecule has 0 saturated carbocycles. The van der Waals surface area contributed by atoms with E-state index >= 15 is 0 Å². The molecule has 1 heterocycles. The van der Waals surface area contributed by atoms with Crippen LogP contribution in [0.4, 0.5) is 5.69 Å². The number of carbonyl (C=O) groups excluding carboxylic acids is 1. The molecule has 1 fully saturated rings. The Hall–Kier alpha value is -0.520. The molecule has 0 radical (unpaired) electrons. The fourth-order valence-electron chi connectivity index (χ4n) is 1.99. The maximum absolute atomic E-state index is 11.8. The molecule has 1 amide bonds. The Labute approximate surface area is 132 Å². The summed E-state index contributed by atoms with van der Waals surface area (Å²) in [6.07, 6.45) is 1.95. The lowest BCUT2D eigenvalue weighted by atomic mass is 10.1. The lowest BCUT2D eigenvalue weighted by molar-refractivity contribution is -0.123. The van der Waals surface area contributed by atoms with Crippen LogP contribution in [0.15, 0.2) is 12.1 Å². The number of anilines is 1. The standard InChI is InChI=1S/C13H15Cl3N2O2/c14-8-5-10(15)13(11(16)6-8)18-12(19)7-20-9-1-3-17-4-2-9/h5-6,9,17H,1-4,7H2,(H,18,19). The smallest absolute Gasteiger partial charge is 0.250 e. The van der Waals surface area contributed by atoms with E-state index in [1.165, 1.54) is 12.1 Å². The minimum Gasteiger partial charge on any atom is -0.368 e. The Morgan fingerprint density at radius 1 is 1.25 bits per heavy atom. The SMILES string of the molecule is O=C(COC1CCNCC1)Nc1c(Cl)cc(Cl)cc1Cl. The van der Waals surface area contributed by atoms with Crippen molar-refractivity contribution in [2.75, 3.05) is 25.0 Å². The fourth-order valence-corrected chi connectivity index (χ4v) is 2.90. The first-order valence-electron chi connectivity index (χ1n) is 6.33. The summed E-state index contributed by atoms with van der Waals surface area (Å²) in [4.78, 5) is 11.8. The molecule has 0 unspecified atom stereocenters. The lowest BCUT2D eigenvalue weighted by Crippen LogP contribution is -2.34. The van der Waals surface area contributed by atoms with Crippen LogP contribution in [0.1, 0.15) is 12.8 Å². The summed E-state index contributed by atoms with van der Waals surface area (Å²) in [6.45, 7) is 1.82. The normalized spacial score (nSPS) is 16.1. The predicted octanol–water partition coefficient (Wildman–Crippen LogP) is 3.35. The van der Waals surface area contributed by atoms with E-state index in [-0.39, 0.29) is 18.6 Å². The molecule has 2 rings (SSSR count). The number of halogens is 3. The Morgan fingerprint density at radius 2 is 1.85 bits per heavy atom. The molecule has 1 aromatic carbocycles. The van der Waals surface area contributed by atoms with Gasteiger partial charge in [-0.1, -0.05) is 34.8 Å². The third-order valence-corrected chi connectivity index (χ3v) is 3.82. The van der Waals surface area contributed by atoms with E-state index in [2.05, 4.69) is 10.6 Å². The van der Waals surface area contributed by atoms with Crippen molar-refractivity contribution in [3.8, 4) is 0 Å². The molecule has 0 bridgehead atoms. The molecule has 1 aliphatic rings. The van der Waals surface area contributed by atoms with Crippen molar-refractivity contribution >= 4 is 46.4 Å². The molecule has 1 aromatic rings. The first-order chi connectivity index (χ1) is 9.56. The summed E-state index contributed by atoms with van der Waals surface area (Å²) in [7, 11) is 0. The highest BCUT2D eigenvalue weighted by molar-refractivity contribution is 6.42. The molecule has 0 aromatic heterocycles. The molecule has 20 heavy (non-hydrogen) atoms. The van der Waals surface area contributed by atoms with Gasteiger partial charge in [-0.25, -0.2) is 0 Å². The molecule has 0 atom stereocenters. The van der Waals surface area contributed by atoms with E-state index in [4.69, 9.17) is 39.5 Å². The average Bonchev–Trinajstić information content (AvgIpc) is 2.42. The summed E-state index contributed by atoms with van der Waals surface area (Å²) >= 11 is 17.8. The quantitative estimate of drug-likeness (QED) is 0.886. The van der Waals surface area contributed by atoms with Crippen LogP contribution >= 0.6 is 34.8 Å². The summed E-state index contributed by atoms with van der Waals surface area (Å²) in [5, 5.41) is 6.90. The van der Waals surface area contributed by atoms with Gasteiger partial charge in [0.05, 0.1) is 21.8 Å². The number of carbonyl (C=O) groups is 1. The molecule has 0 aliphatic carbocycles. The highest BCUT2D eigenvalue weighted by Gasteiger charge is 2.16. The van der Waals surface area contributed by atoms with Crippen LogP contribution in [0, 0.1) is 0 Å². The van der Waals surface area contributed by atoms with E-state index in [1.807, 2.05) is 0 Å². The molecule has 7 heteroatoms. The zero-order chi connectivity index (χ0) is 14.5. The summed E-state index contributed by atoms with van der Waals surface area (Å²) < 4.78 is 5.56. The van der Waals surface area contributed by atoms with E-state index in [9.17, 15) is 4.79 Å². The van der Waals surface area contributed by atoms with Gasteiger partial charge in [0.25, 0.3) is 0 Å². The monoisotopic (exact) mass is 336 g/mol. The first kappa shape index (κ1) is 15.9. The summed E-state index contributed by atoms with van der Waals surface area (Å²) in [5.74, 6) is -0.283. The predicted molar refractivity (Wildman–Crippen MR) is 81.9 cm³/mol.